The largest absolute Gasteiger partial charge is 0.496 e. The summed E-state index contributed by atoms with van der Waals surface area (Å²) < 4.78 is 5.34. The van der Waals surface area contributed by atoms with Gasteiger partial charge in [-0.3, -0.25) is 0 Å². The van der Waals surface area contributed by atoms with Gasteiger partial charge in [-0.2, -0.15) is 0 Å². The van der Waals surface area contributed by atoms with Crippen LogP contribution in [0.4, 0.5) is 0 Å². The zero-order chi connectivity index (χ0) is 12.8. The van der Waals surface area contributed by atoms with Crippen LogP contribution >= 0.6 is 0 Å². The lowest BCUT2D eigenvalue weighted by atomic mass is 10.1. The van der Waals surface area contributed by atoms with E-state index in [0.29, 0.717) is 0 Å². The molecule has 0 spiro atoms. The first-order valence-corrected chi connectivity index (χ1v) is 6.03. The molecule has 0 amide bonds. The number of hydrogen-bond donors (Lipinski definition) is 1. The Bertz CT molecular complexity index is 494. The summed E-state index contributed by atoms with van der Waals surface area (Å²) >= 11 is 0. The lowest BCUT2D eigenvalue weighted by molar-refractivity contribution is 0.407. The van der Waals surface area contributed by atoms with Crippen molar-refractivity contribution in [2.75, 3.05) is 7.11 Å². The maximum Gasteiger partial charge on any atom is 0.123 e. The highest BCUT2D eigenvalue weighted by atomic mass is 16.5. The zero-order valence-electron chi connectivity index (χ0n) is 10.6. The van der Waals surface area contributed by atoms with Crippen LogP contribution in [0.25, 0.3) is 0 Å². The van der Waals surface area contributed by atoms with Crippen molar-refractivity contribution >= 4 is 0 Å². The molecule has 1 N–H and O–H groups in total. The number of nitrogens with one attached hydrogen (secondary N) is 1. The van der Waals surface area contributed by atoms with Gasteiger partial charge in [-0.05, 0) is 24.1 Å². The molecule has 2 nitrogen and oxygen atoms in total. The quantitative estimate of drug-likeness (QED) is 0.866. The van der Waals surface area contributed by atoms with Gasteiger partial charge in [0.2, 0.25) is 0 Å². The number of benzene rings is 2. The van der Waals surface area contributed by atoms with E-state index in [9.17, 15) is 0 Å². The van der Waals surface area contributed by atoms with Gasteiger partial charge in [-0.1, -0.05) is 42.5 Å². The van der Waals surface area contributed by atoms with Gasteiger partial charge in [0.05, 0.1) is 7.11 Å². The molecule has 0 heterocycles. The van der Waals surface area contributed by atoms with Gasteiger partial charge in [0.1, 0.15) is 5.75 Å². The normalized spacial score (nSPS) is 10.3. The summed E-state index contributed by atoms with van der Waals surface area (Å²) in [4.78, 5) is 0. The fraction of sp³-hybridized carbons (Fsp3) is 0.188. The molecular weight excluding hydrogens is 222 g/mol. The summed E-state index contributed by atoms with van der Waals surface area (Å²) in [7, 11) is 1.69. The van der Waals surface area contributed by atoms with Gasteiger partial charge in [-0.15, -0.1) is 0 Å². The fourth-order valence-electron chi connectivity index (χ4n) is 1.91. The van der Waals surface area contributed by atoms with E-state index in [-0.39, 0.29) is 0 Å². The van der Waals surface area contributed by atoms with E-state index in [0.717, 1.165) is 30.0 Å². The second kappa shape index (κ2) is 6.22. The van der Waals surface area contributed by atoms with Crippen molar-refractivity contribution < 1.29 is 4.74 Å². The van der Waals surface area contributed by atoms with Gasteiger partial charge in [0.25, 0.3) is 0 Å². The Morgan fingerprint density at radius 3 is 2.56 bits per heavy atom. The summed E-state index contributed by atoms with van der Waals surface area (Å²) in [5.74, 6) is 0.906. The lowest BCUT2D eigenvalue weighted by Gasteiger charge is -2.10. The molecule has 0 unspecified atom stereocenters. The number of ether oxygens (including phenoxy) is 1. The van der Waals surface area contributed by atoms with Gasteiger partial charge >= 0.3 is 0 Å². The fourth-order valence-corrected chi connectivity index (χ4v) is 1.91. The average Bonchev–Trinajstić information content (AvgIpc) is 2.40. The highest BCUT2D eigenvalue weighted by Crippen LogP contribution is 2.19. The van der Waals surface area contributed by atoms with Crippen molar-refractivity contribution in [3.63, 3.8) is 0 Å². The van der Waals surface area contributed by atoms with E-state index >= 15 is 0 Å². The molecule has 1 radical (unpaired) electrons. The van der Waals surface area contributed by atoms with Gasteiger partial charge in [0, 0.05) is 18.7 Å². The zero-order valence-corrected chi connectivity index (χ0v) is 10.6. The van der Waals surface area contributed by atoms with Crippen LogP contribution in [-0.4, -0.2) is 7.11 Å². The molecule has 0 aliphatic rings. The van der Waals surface area contributed by atoms with E-state index in [2.05, 4.69) is 30.4 Å². The molecule has 0 atom stereocenters. The first kappa shape index (κ1) is 12.7. The average molecular weight is 240 g/mol. The first-order valence-electron chi connectivity index (χ1n) is 6.03. The summed E-state index contributed by atoms with van der Waals surface area (Å²) in [5, 5.41) is 3.41. The molecule has 2 aromatic carbocycles. The molecule has 0 saturated carbocycles. The molecule has 0 bridgehead atoms. The Hall–Kier alpha value is -1.80. The first-order chi connectivity index (χ1) is 8.79. The van der Waals surface area contributed by atoms with Gasteiger partial charge in [0.15, 0.2) is 0 Å². The summed E-state index contributed by atoms with van der Waals surface area (Å²) in [6, 6.07) is 16.3. The molecule has 2 rings (SSSR count). The third-order valence-electron chi connectivity index (χ3n) is 2.83. The molecular formula is C16H18NO. The van der Waals surface area contributed by atoms with E-state index in [1.807, 2.05) is 30.3 Å². The summed E-state index contributed by atoms with van der Waals surface area (Å²) in [6.07, 6.45) is 0. The van der Waals surface area contributed by atoms with E-state index in [1.165, 1.54) is 5.56 Å². The van der Waals surface area contributed by atoms with Crippen molar-refractivity contribution in [1.82, 2.24) is 5.32 Å². The van der Waals surface area contributed by atoms with Crippen molar-refractivity contribution in [3.8, 4) is 5.75 Å². The van der Waals surface area contributed by atoms with E-state index < -0.39 is 0 Å². The molecule has 2 heteroatoms. The van der Waals surface area contributed by atoms with Crippen molar-refractivity contribution in [1.29, 1.82) is 0 Å². The highest BCUT2D eigenvalue weighted by Gasteiger charge is 2.02. The van der Waals surface area contributed by atoms with E-state index in [1.54, 1.807) is 7.11 Å². The molecule has 0 aliphatic heterocycles. The van der Waals surface area contributed by atoms with Crippen LogP contribution in [0.15, 0.2) is 48.5 Å². The molecule has 2 aromatic rings. The maximum absolute atomic E-state index is 5.34. The molecule has 0 fully saturated rings. The molecule has 93 valence electrons. The Balaban J connectivity index is 1.96. The Labute approximate surface area is 109 Å². The van der Waals surface area contributed by atoms with Crippen LogP contribution in [0.2, 0.25) is 0 Å². The SMILES string of the molecule is [CH2]c1ccc(OC)c(CNCc2ccccc2)c1. The van der Waals surface area contributed by atoms with Crippen LogP contribution in [0.5, 0.6) is 5.75 Å². The van der Waals surface area contributed by atoms with Crippen LogP contribution < -0.4 is 10.1 Å². The predicted molar refractivity (Wildman–Crippen MR) is 74.4 cm³/mol. The minimum Gasteiger partial charge on any atom is -0.496 e. The topological polar surface area (TPSA) is 21.3 Å². The van der Waals surface area contributed by atoms with Crippen LogP contribution in [-0.2, 0) is 13.1 Å². The molecule has 0 aromatic heterocycles. The van der Waals surface area contributed by atoms with Crippen LogP contribution in [0.1, 0.15) is 16.7 Å². The molecule has 0 aliphatic carbocycles. The van der Waals surface area contributed by atoms with Crippen molar-refractivity contribution in [3.05, 3.63) is 72.1 Å². The second-order valence-electron chi connectivity index (χ2n) is 4.24. The monoisotopic (exact) mass is 240 g/mol. The third-order valence-corrected chi connectivity index (χ3v) is 2.83. The van der Waals surface area contributed by atoms with Crippen molar-refractivity contribution in [2.24, 2.45) is 0 Å². The number of methoxy groups -OCH3 is 1. The number of rotatable bonds is 5. The smallest absolute Gasteiger partial charge is 0.123 e. The summed E-state index contributed by atoms with van der Waals surface area (Å²) in [6.45, 7) is 5.57. The van der Waals surface area contributed by atoms with E-state index in [4.69, 9.17) is 4.74 Å². The second-order valence-corrected chi connectivity index (χ2v) is 4.24. The van der Waals surface area contributed by atoms with Gasteiger partial charge in [-0.25, -0.2) is 0 Å². The third kappa shape index (κ3) is 3.34. The lowest BCUT2D eigenvalue weighted by Crippen LogP contribution is -2.13. The van der Waals surface area contributed by atoms with Gasteiger partial charge < -0.3 is 10.1 Å². The predicted octanol–water partition coefficient (Wildman–Crippen LogP) is 3.17. The number of hydrogen-bond acceptors (Lipinski definition) is 2. The maximum atomic E-state index is 5.34. The standard InChI is InChI=1S/C16H18NO/c1-13-8-9-16(18-2)15(10-13)12-17-11-14-6-4-3-5-7-14/h3-10,17H,1,11-12H2,2H3. The minimum atomic E-state index is 0.779. The summed E-state index contributed by atoms with van der Waals surface area (Å²) in [5.41, 5.74) is 3.43. The van der Waals surface area contributed by atoms with Crippen LogP contribution in [0.3, 0.4) is 0 Å². The molecule has 0 saturated heterocycles. The Morgan fingerprint density at radius 2 is 1.83 bits per heavy atom. The van der Waals surface area contributed by atoms with Crippen molar-refractivity contribution in [2.45, 2.75) is 13.1 Å². The van der Waals surface area contributed by atoms with Crippen LogP contribution in [0, 0.1) is 6.92 Å². The molecule has 18 heavy (non-hydrogen) atoms. The highest BCUT2D eigenvalue weighted by molar-refractivity contribution is 5.38. The Kier molecular flexibility index (Phi) is 4.37. The minimum absolute atomic E-state index is 0.779. The Morgan fingerprint density at radius 1 is 1.06 bits per heavy atom.